The zero-order valence-corrected chi connectivity index (χ0v) is 21.2. The van der Waals surface area contributed by atoms with Gasteiger partial charge in [0.1, 0.15) is 28.3 Å². The average molecular weight is 512 g/mol. The Labute approximate surface area is 211 Å². The van der Waals surface area contributed by atoms with Gasteiger partial charge in [-0.3, -0.25) is 9.69 Å². The molecule has 0 bridgehead atoms. The molecule has 1 amide bonds. The van der Waals surface area contributed by atoms with Crippen LogP contribution in [0.4, 0.5) is 10.2 Å². The van der Waals surface area contributed by atoms with E-state index in [4.69, 9.17) is 4.74 Å². The number of aryl methyl sites for hydroxylation is 1. The highest BCUT2D eigenvalue weighted by atomic mass is 32.1. The van der Waals surface area contributed by atoms with Crippen LogP contribution in [0.1, 0.15) is 40.7 Å². The summed E-state index contributed by atoms with van der Waals surface area (Å²) in [4.78, 5) is 20.2. The first-order valence-corrected chi connectivity index (χ1v) is 13.3. The van der Waals surface area contributed by atoms with Crippen LogP contribution in [0.3, 0.4) is 0 Å². The Balaban J connectivity index is 1.51. The quantitative estimate of drug-likeness (QED) is 0.368. The first-order chi connectivity index (χ1) is 17.1. The third-order valence-corrected chi connectivity index (χ3v) is 8.09. The van der Waals surface area contributed by atoms with Gasteiger partial charge in [0.15, 0.2) is 0 Å². The fourth-order valence-corrected chi connectivity index (χ4v) is 6.06. The Morgan fingerprint density at radius 1 is 1.31 bits per heavy atom. The number of ether oxygens (including phenoxy) is 1. The van der Waals surface area contributed by atoms with Gasteiger partial charge in [-0.25, -0.2) is 9.37 Å². The molecule has 1 N–H and O–H groups in total. The normalized spacial score (nSPS) is 16.0. The minimum atomic E-state index is -0.586. The first-order valence-electron chi connectivity index (χ1n) is 11.6. The smallest absolute Gasteiger partial charge is 0.262 e. The van der Waals surface area contributed by atoms with Crippen molar-refractivity contribution in [3.05, 3.63) is 57.8 Å². The molecule has 0 unspecified atom stereocenters. The number of fused-ring (bicyclic) bond motifs is 1. The molecule has 3 aromatic heterocycles. The SMILES string of the molecule is CCOCc1nnc(-c2ccc(C(=O)N(c3nccc4scc(C)c34)[C@@H]3CCCNC3)c(F)c2)s1. The first kappa shape index (κ1) is 23.9. The number of pyridine rings is 1. The summed E-state index contributed by atoms with van der Waals surface area (Å²) >= 11 is 2.97. The topological polar surface area (TPSA) is 80.2 Å². The summed E-state index contributed by atoms with van der Waals surface area (Å²) in [5, 5.41) is 16.0. The molecule has 10 heteroatoms. The number of nitrogens with one attached hydrogen (secondary N) is 1. The lowest BCUT2D eigenvalue weighted by Gasteiger charge is -2.34. The number of nitrogens with zero attached hydrogens (tertiary/aromatic N) is 4. The van der Waals surface area contributed by atoms with Gasteiger partial charge in [0.05, 0.1) is 11.6 Å². The molecule has 1 fully saturated rings. The molecule has 1 saturated heterocycles. The maximum Gasteiger partial charge on any atom is 0.262 e. The highest BCUT2D eigenvalue weighted by molar-refractivity contribution is 7.17. The number of carbonyl (C=O) groups is 1. The molecule has 4 aromatic rings. The predicted molar refractivity (Wildman–Crippen MR) is 138 cm³/mol. The number of benzene rings is 1. The van der Waals surface area contributed by atoms with Crippen LogP contribution in [0.15, 0.2) is 35.8 Å². The van der Waals surface area contributed by atoms with E-state index in [1.54, 1.807) is 34.6 Å². The Hall–Kier alpha value is -2.79. The number of hydrogen-bond donors (Lipinski definition) is 1. The number of halogens is 1. The van der Waals surface area contributed by atoms with Crippen molar-refractivity contribution < 1.29 is 13.9 Å². The minimum absolute atomic E-state index is 0.0186. The number of amides is 1. The van der Waals surface area contributed by atoms with Crippen LogP contribution in [0, 0.1) is 12.7 Å². The Bertz CT molecular complexity index is 1350. The summed E-state index contributed by atoms with van der Waals surface area (Å²) in [5.74, 6) is -0.382. The lowest BCUT2D eigenvalue weighted by Crippen LogP contribution is -2.49. The van der Waals surface area contributed by atoms with Crippen LogP contribution in [0.2, 0.25) is 0 Å². The molecule has 7 nitrogen and oxygen atoms in total. The van der Waals surface area contributed by atoms with Crippen molar-refractivity contribution in [1.29, 1.82) is 0 Å². The van der Waals surface area contributed by atoms with E-state index in [1.165, 1.54) is 17.4 Å². The second kappa shape index (κ2) is 10.4. The average Bonchev–Trinajstić information content (AvgIpc) is 3.51. The van der Waals surface area contributed by atoms with Crippen LogP contribution >= 0.6 is 22.7 Å². The van der Waals surface area contributed by atoms with Gasteiger partial charge in [-0.2, -0.15) is 0 Å². The van der Waals surface area contributed by atoms with Crippen molar-refractivity contribution >= 4 is 44.5 Å². The van der Waals surface area contributed by atoms with E-state index in [0.29, 0.717) is 36.1 Å². The number of carbonyl (C=O) groups excluding carboxylic acids is 1. The van der Waals surface area contributed by atoms with Gasteiger partial charge in [0.25, 0.3) is 5.91 Å². The van der Waals surface area contributed by atoms with E-state index >= 15 is 4.39 Å². The molecule has 4 heterocycles. The molecule has 1 atom stereocenters. The van der Waals surface area contributed by atoms with Crippen molar-refractivity contribution in [1.82, 2.24) is 20.5 Å². The zero-order valence-electron chi connectivity index (χ0n) is 19.6. The van der Waals surface area contributed by atoms with Crippen LogP contribution in [-0.4, -0.2) is 46.8 Å². The Morgan fingerprint density at radius 2 is 2.20 bits per heavy atom. The van der Waals surface area contributed by atoms with E-state index in [0.717, 1.165) is 40.0 Å². The largest absolute Gasteiger partial charge is 0.374 e. The van der Waals surface area contributed by atoms with Gasteiger partial charge < -0.3 is 10.1 Å². The molecule has 0 saturated carbocycles. The fourth-order valence-electron chi connectivity index (χ4n) is 4.35. The van der Waals surface area contributed by atoms with E-state index in [9.17, 15) is 4.79 Å². The predicted octanol–water partition coefficient (Wildman–Crippen LogP) is 5.20. The Morgan fingerprint density at radius 3 is 2.97 bits per heavy atom. The lowest BCUT2D eigenvalue weighted by atomic mass is 10.0. The summed E-state index contributed by atoms with van der Waals surface area (Å²) in [6, 6.07) is 6.47. The number of aromatic nitrogens is 3. The van der Waals surface area contributed by atoms with Crippen LogP contribution < -0.4 is 10.2 Å². The zero-order chi connectivity index (χ0) is 24.4. The lowest BCUT2D eigenvalue weighted by molar-refractivity contribution is 0.0968. The van der Waals surface area contributed by atoms with Gasteiger partial charge in [-0.15, -0.1) is 21.5 Å². The number of piperidine rings is 1. The van der Waals surface area contributed by atoms with Crippen molar-refractivity contribution in [2.24, 2.45) is 0 Å². The number of thiophene rings is 1. The molecular formula is C25H26FN5O2S2. The maximum absolute atomic E-state index is 15.4. The molecule has 5 rings (SSSR count). The maximum atomic E-state index is 15.4. The summed E-state index contributed by atoms with van der Waals surface area (Å²) in [7, 11) is 0. The monoisotopic (exact) mass is 511 g/mol. The highest BCUT2D eigenvalue weighted by Gasteiger charge is 2.32. The molecule has 35 heavy (non-hydrogen) atoms. The number of anilines is 1. The second-order valence-electron chi connectivity index (χ2n) is 8.43. The van der Waals surface area contributed by atoms with Gasteiger partial charge in [0, 0.05) is 35.0 Å². The van der Waals surface area contributed by atoms with Crippen molar-refractivity contribution in [3.63, 3.8) is 0 Å². The standard InChI is InChI=1S/C25H26FN5O2S2/c1-3-33-13-21-29-30-24(35-21)16-6-7-18(19(26)11-16)25(32)31(17-5-4-9-27-12-17)23-22-15(2)14-34-20(22)8-10-28-23/h6-8,10-11,14,17,27H,3-5,9,12-13H2,1-2H3/t17-/m1/s1. The molecule has 1 aliphatic rings. The van der Waals surface area contributed by atoms with Crippen molar-refractivity contribution in [3.8, 4) is 10.6 Å². The van der Waals surface area contributed by atoms with E-state index < -0.39 is 5.82 Å². The van der Waals surface area contributed by atoms with Gasteiger partial charge >= 0.3 is 0 Å². The summed E-state index contributed by atoms with van der Waals surface area (Å²) in [6.07, 6.45) is 3.49. The van der Waals surface area contributed by atoms with E-state index in [-0.39, 0.29) is 17.5 Å². The molecule has 0 aliphatic carbocycles. The summed E-state index contributed by atoms with van der Waals surface area (Å²) < 4.78 is 21.9. The highest BCUT2D eigenvalue weighted by Crippen LogP contribution is 2.35. The van der Waals surface area contributed by atoms with Gasteiger partial charge in [-0.05, 0) is 62.4 Å². The number of hydrogen-bond acceptors (Lipinski definition) is 8. The molecule has 1 aliphatic heterocycles. The molecule has 0 spiro atoms. The third-order valence-electron chi connectivity index (χ3n) is 6.08. The summed E-state index contributed by atoms with van der Waals surface area (Å²) in [5.41, 5.74) is 1.66. The number of rotatable bonds is 7. The molecule has 0 radical (unpaired) electrons. The van der Waals surface area contributed by atoms with Crippen molar-refractivity contribution in [2.75, 3.05) is 24.6 Å². The van der Waals surface area contributed by atoms with Crippen molar-refractivity contribution in [2.45, 2.75) is 39.3 Å². The second-order valence-corrected chi connectivity index (χ2v) is 10.4. The van der Waals surface area contributed by atoms with Crippen LogP contribution in [0.5, 0.6) is 0 Å². The molecule has 1 aromatic carbocycles. The molecule has 182 valence electrons. The summed E-state index contributed by atoms with van der Waals surface area (Å²) in [6.45, 7) is 6.43. The van der Waals surface area contributed by atoms with E-state index in [2.05, 4.69) is 25.9 Å². The minimum Gasteiger partial charge on any atom is -0.374 e. The van der Waals surface area contributed by atoms with E-state index in [1.807, 2.05) is 19.9 Å². The molecular weight excluding hydrogens is 485 g/mol. The van der Waals surface area contributed by atoms with Crippen LogP contribution in [-0.2, 0) is 11.3 Å². The van der Waals surface area contributed by atoms with Gasteiger partial charge in [0.2, 0.25) is 0 Å². The fraction of sp³-hybridized carbons (Fsp3) is 0.360. The van der Waals surface area contributed by atoms with Crippen LogP contribution in [0.25, 0.3) is 20.7 Å². The third kappa shape index (κ3) is 4.84. The Kier molecular flexibility index (Phi) is 7.14. The van der Waals surface area contributed by atoms with Gasteiger partial charge in [-0.1, -0.05) is 17.4 Å².